The Kier molecular flexibility index (Phi) is 12.8. The van der Waals surface area contributed by atoms with Crippen LogP contribution < -0.4 is 27.0 Å². The number of hydrogen-bond donors (Lipinski definition) is 6. The number of rotatable bonds is 15. The summed E-state index contributed by atoms with van der Waals surface area (Å²) < 4.78 is 0. The molecule has 0 radical (unpaired) electrons. The highest BCUT2D eigenvalue weighted by atomic mass is 32.2. The van der Waals surface area contributed by atoms with E-state index in [1.54, 1.807) is 0 Å². The summed E-state index contributed by atoms with van der Waals surface area (Å²) in [6.45, 7) is 4.48. The molecule has 0 aromatic rings. The third-order valence-corrected chi connectivity index (χ3v) is 5.90. The molecule has 0 aromatic carbocycles. The van der Waals surface area contributed by atoms with Gasteiger partial charge >= 0.3 is 5.97 Å². The second-order valence-corrected chi connectivity index (χ2v) is 9.57. The predicted octanol–water partition coefficient (Wildman–Crippen LogP) is -0.658. The molecule has 0 bridgehead atoms. The van der Waals surface area contributed by atoms with E-state index >= 15 is 0 Å². The van der Waals surface area contributed by atoms with Crippen LogP contribution in [-0.4, -0.2) is 77.4 Å². The number of carbonyl (C=O) groups excluding carboxylic acids is 4. The van der Waals surface area contributed by atoms with Crippen molar-refractivity contribution >= 4 is 41.4 Å². The lowest BCUT2D eigenvalue weighted by molar-refractivity contribution is -0.142. The number of thioether (sulfide) groups is 1. The third kappa shape index (κ3) is 10.9. The van der Waals surface area contributed by atoms with E-state index in [9.17, 15) is 29.1 Å². The van der Waals surface area contributed by atoms with Crippen LogP contribution in [-0.2, 0) is 24.0 Å². The van der Waals surface area contributed by atoms with Crippen LogP contribution in [0.25, 0.3) is 0 Å². The van der Waals surface area contributed by atoms with Crippen molar-refractivity contribution in [1.82, 2.24) is 21.3 Å². The Morgan fingerprint density at radius 1 is 1.03 bits per heavy atom. The quantitative estimate of drug-likeness (QED) is 0.176. The molecule has 1 rings (SSSR count). The number of hydrogen-bond acceptors (Lipinski definition) is 7. The molecule has 7 N–H and O–H groups in total. The van der Waals surface area contributed by atoms with Gasteiger partial charge in [0, 0.05) is 6.42 Å². The summed E-state index contributed by atoms with van der Waals surface area (Å²) >= 11 is 1.53. The maximum atomic E-state index is 13.0. The van der Waals surface area contributed by atoms with Gasteiger partial charge in [-0.15, -0.1) is 0 Å². The normalized spacial score (nSPS) is 18.2. The Balaban J connectivity index is 2.88. The van der Waals surface area contributed by atoms with Crippen molar-refractivity contribution in [3.8, 4) is 0 Å². The van der Waals surface area contributed by atoms with Gasteiger partial charge in [0.2, 0.25) is 23.6 Å². The summed E-state index contributed by atoms with van der Waals surface area (Å²) in [6.07, 6.45) is 3.78. The Morgan fingerprint density at radius 3 is 2.18 bits per heavy atom. The molecule has 1 saturated heterocycles. The maximum Gasteiger partial charge on any atom is 0.326 e. The van der Waals surface area contributed by atoms with Crippen LogP contribution in [0.4, 0.5) is 0 Å². The Morgan fingerprint density at radius 2 is 1.67 bits per heavy atom. The van der Waals surface area contributed by atoms with Crippen molar-refractivity contribution in [3.63, 3.8) is 0 Å². The molecule has 188 valence electrons. The van der Waals surface area contributed by atoms with Gasteiger partial charge in [0.1, 0.15) is 18.1 Å². The molecule has 12 heteroatoms. The number of carboxylic acid groups (broad SMARTS) is 1. The van der Waals surface area contributed by atoms with Crippen molar-refractivity contribution in [2.75, 3.05) is 18.6 Å². The zero-order chi connectivity index (χ0) is 25.0. The molecular formula is C21H37N5O6S. The van der Waals surface area contributed by atoms with Crippen LogP contribution in [0.3, 0.4) is 0 Å². The Bertz CT molecular complexity index is 699. The summed E-state index contributed by atoms with van der Waals surface area (Å²) in [5.41, 5.74) is 5.08. The molecule has 1 fully saturated rings. The first-order chi connectivity index (χ1) is 15.5. The molecular weight excluding hydrogens is 450 g/mol. The molecule has 0 aromatic heterocycles. The number of aliphatic carboxylic acids is 1. The van der Waals surface area contributed by atoms with Crippen molar-refractivity contribution in [3.05, 3.63) is 0 Å². The van der Waals surface area contributed by atoms with Crippen LogP contribution in [0.5, 0.6) is 0 Å². The largest absolute Gasteiger partial charge is 0.480 e. The van der Waals surface area contributed by atoms with E-state index in [1.807, 2.05) is 20.1 Å². The number of carbonyl (C=O) groups is 5. The molecule has 33 heavy (non-hydrogen) atoms. The zero-order valence-electron chi connectivity index (χ0n) is 19.5. The second-order valence-electron chi connectivity index (χ2n) is 8.59. The van der Waals surface area contributed by atoms with E-state index in [0.29, 0.717) is 18.6 Å². The van der Waals surface area contributed by atoms with Crippen LogP contribution in [0, 0.1) is 5.92 Å². The summed E-state index contributed by atoms with van der Waals surface area (Å²) in [5, 5.41) is 20.3. The number of carboxylic acids is 1. The molecule has 1 aliphatic heterocycles. The lowest BCUT2D eigenvalue weighted by Gasteiger charge is -2.26. The van der Waals surface area contributed by atoms with Crippen molar-refractivity contribution < 1.29 is 29.1 Å². The first-order valence-electron chi connectivity index (χ1n) is 11.2. The highest BCUT2D eigenvalue weighted by Gasteiger charge is 2.31. The van der Waals surface area contributed by atoms with E-state index in [4.69, 9.17) is 5.73 Å². The molecule has 0 aliphatic carbocycles. The fraction of sp³-hybridized carbons (Fsp3) is 0.762. The molecule has 4 amide bonds. The average molecular weight is 488 g/mol. The summed E-state index contributed by atoms with van der Waals surface area (Å²) in [7, 11) is 0. The molecule has 1 aliphatic rings. The first-order valence-corrected chi connectivity index (χ1v) is 12.6. The lowest BCUT2D eigenvalue weighted by atomic mass is 10.0. The molecule has 4 atom stereocenters. The van der Waals surface area contributed by atoms with Crippen LogP contribution >= 0.6 is 11.8 Å². The standard InChI is InChI=1S/C21H37N5O6S/c1-12(2)11-16(20(30)25-15(21(31)32)6-7-17(22)27)26-19(29)14(8-10-33-3)24-18(28)13-5-4-9-23-13/h12-16,23H,4-11H2,1-3H3,(H2,22,27)(H,24,28)(H,25,30)(H,26,29)(H,31,32). The van der Waals surface area contributed by atoms with E-state index in [-0.39, 0.29) is 37.1 Å². The summed E-state index contributed by atoms with van der Waals surface area (Å²) in [4.78, 5) is 60.9. The van der Waals surface area contributed by atoms with Crippen LogP contribution in [0.2, 0.25) is 0 Å². The lowest BCUT2D eigenvalue weighted by Crippen LogP contribution is -2.57. The van der Waals surface area contributed by atoms with Gasteiger partial charge in [-0.1, -0.05) is 13.8 Å². The van der Waals surface area contributed by atoms with E-state index < -0.39 is 41.8 Å². The number of nitrogens with one attached hydrogen (secondary N) is 4. The first kappa shape index (κ1) is 28.7. The Hall–Kier alpha value is -2.34. The molecule has 4 unspecified atom stereocenters. The fourth-order valence-corrected chi connectivity index (χ4v) is 3.95. The van der Waals surface area contributed by atoms with Gasteiger partial charge in [0.15, 0.2) is 0 Å². The van der Waals surface area contributed by atoms with Crippen molar-refractivity contribution in [1.29, 1.82) is 0 Å². The van der Waals surface area contributed by atoms with Gasteiger partial charge in [0.25, 0.3) is 0 Å². The van der Waals surface area contributed by atoms with Gasteiger partial charge in [0.05, 0.1) is 6.04 Å². The number of amides is 4. The predicted molar refractivity (Wildman–Crippen MR) is 125 cm³/mol. The molecule has 1 heterocycles. The highest BCUT2D eigenvalue weighted by molar-refractivity contribution is 7.98. The van der Waals surface area contributed by atoms with Gasteiger partial charge in [-0.25, -0.2) is 4.79 Å². The maximum absolute atomic E-state index is 13.0. The van der Waals surface area contributed by atoms with Gasteiger partial charge < -0.3 is 32.1 Å². The minimum Gasteiger partial charge on any atom is -0.480 e. The summed E-state index contributed by atoms with van der Waals surface area (Å²) in [6, 6.07) is -3.46. The van der Waals surface area contributed by atoms with Gasteiger partial charge in [-0.05, 0) is 56.6 Å². The Labute approximate surface area is 198 Å². The van der Waals surface area contributed by atoms with Crippen molar-refractivity contribution in [2.24, 2.45) is 11.7 Å². The minimum absolute atomic E-state index is 0.0249. The van der Waals surface area contributed by atoms with E-state index in [2.05, 4.69) is 21.3 Å². The monoisotopic (exact) mass is 487 g/mol. The van der Waals surface area contributed by atoms with Crippen molar-refractivity contribution in [2.45, 2.75) is 76.5 Å². The smallest absolute Gasteiger partial charge is 0.326 e. The van der Waals surface area contributed by atoms with Crippen LogP contribution in [0.15, 0.2) is 0 Å². The highest BCUT2D eigenvalue weighted by Crippen LogP contribution is 2.10. The SMILES string of the molecule is CSCCC(NC(=O)C1CCCN1)C(=O)NC(CC(C)C)C(=O)NC(CCC(N)=O)C(=O)O. The number of primary amides is 1. The van der Waals surface area contributed by atoms with E-state index in [1.165, 1.54) is 11.8 Å². The second kappa shape index (κ2) is 14.7. The molecule has 0 saturated carbocycles. The molecule has 0 spiro atoms. The van der Waals surface area contributed by atoms with Gasteiger partial charge in [-0.3, -0.25) is 19.2 Å². The number of nitrogens with two attached hydrogens (primary N) is 1. The van der Waals surface area contributed by atoms with Gasteiger partial charge in [-0.2, -0.15) is 11.8 Å². The van der Waals surface area contributed by atoms with E-state index in [0.717, 1.165) is 13.0 Å². The minimum atomic E-state index is -1.31. The molecule has 11 nitrogen and oxygen atoms in total. The van der Waals surface area contributed by atoms with Crippen LogP contribution in [0.1, 0.15) is 52.4 Å². The summed E-state index contributed by atoms with van der Waals surface area (Å²) in [5.74, 6) is -2.74. The zero-order valence-corrected chi connectivity index (χ0v) is 20.3. The third-order valence-electron chi connectivity index (χ3n) is 5.25. The topological polar surface area (TPSA) is 180 Å². The average Bonchev–Trinajstić information content (AvgIpc) is 3.27. The fourth-order valence-electron chi connectivity index (χ4n) is 3.48.